The van der Waals surface area contributed by atoms with E-state index in [0.717, 1.165) is 0 Å². The first-order chi connectivity index (χ1) is 9.54. The van der Waals surface area contributed by atoms with Crippen molar-refractivity contribution in [1.29, 1.82) is 0 Å². The van der Waals surface area contributed by atoms with Gasteiger partial charge in [-0.25, -0.2) is 4.39 Å². The molecule has 0 aliphatic rings. The number of ether oxygens (including phenoxy) is 1. The lowest BCUT2D eigenvalue weighted by molar-refractivity contribution is -0.118. The Morgan fingerprint density at radius 3 is 2.85 bits per heavy atom. The van der Waals surface area contributed by atoms with Crippen LogP contribution in [0.5, 0.6) is 5.75 Å². The molecule has 6 heteroatoms. The van der Waals surface area contributed by atoms with E-state index in [1.54, 1.807) is 30.3 Å². The fourth-order valence-corrected chi connectivity index (χ4v) is 2.02. The molecule has 104 valence electrons. The van der Waals surface area contributed by atoms with Gasteiger partial charge in [-0.3, -0.25) is 4.79 Å². The van der Waals surface area contributed by atoms with Crippen molar-refractivity contribution in [3.05, 3.63) is 57.8 Å². The molecule has 0 spiro atoms. The lowest BCUT2D eigenvalue weighted by Gasteiger charge is -2.08. The van der Waals surface area contributed by atoms with E-state index in [9.17, 15) is 9.18 Å². The molecule has 1 N–H and O–H groups in total. The van der Waals surface area contributed by atoms with Gasteiger partial charge in [0.2, 0.25) is 0 Å². The zero-order valence-corrected chi connectivity index (χ0v) is 12.5. The van der Waals surface area contributed by atoms with Crippen LogP contribution >= 0.6 is 27.5 Å². The van der Waals surface area contributed by atoms with Crippen molar-refractivity contribution in [2.24, 2.45) is 0 Å². The van der Waals surface area contributed by atoms with Gasteiger partial charge in [-0.1, -0.05) is 33.6 Å². The molecule has 2 aromatic rings. The fourth-order valence-electron chi connectivity index (χ4n) is 1.49. The van der Waals surface area contributed by atoms with E-state index in [-0.39, 0.29) is 12.4 Å². The van der Waals surface area contributed by atoms with Crippen molar-refractivity contribution >= 4 is 39.1 Å². The summed E-state index contributed by atoms with van der Waals surface area (Å²) < 4.78 is 19.2. The molecule has 0 aromatic heterocycles. The van der Waals surface area contributed by atoms with E-state index in [4.69, 9.17) is 16.3 Å². The second kappa shape index (κ2) is 6.72. The predicted molar refractivity (Wildman–Crippen MR) is 79.7 cm³/mol. The van der Waals surface area contributed by atoms with Gasteiger partial charge in [0.1, 0.15) is 0 Å². The Kier molecular flexibility index (Phi) is 4.98. The normalized spacial score (nSPS) is 10.2. The smallest absolute Gasteiger partial charge is 0.262 e. The Morgan fingerprint density at radius 1 is 1.30 bits per heavy atom. The number of carbonyl (C=O) groups is 1. The second-order valence-corrected chi connectivity index (χ2v) is 5.27. The molecule has 2 aromatic carbocycles. The molecule has 0 fully saturated rings. The third-order valence-corrected chi connectivity index (χ3v) is 3.09. The number of anilines is 1. The fraction of sp³-hybridized carbons (Fsp3) is 0.0714. The van der Waals surface area contributed by atoms with Gasteiger partial charge >= 0.3 is 0 Å². The van der Waals surface area contributed by atoms with E-state index in [1.165, 1.54) is 12.1 Å². The van der Waals surface area contributed by atoms with Crippen LogP contribution in [0.3, 0.4) is 0 Å². The van der Waals surface area contributed by atoms with Gasteiger partial charge in [0.05, 0.1) is 0 Å². The van der Waals surface area contributed by atoms with E-state index in [0.29, 0.717) is 15.2 Å². The molecule has 20 heavy (non-hydrogen) atoms. The summed E-state index contributed by atoms with van der Waals surface area (Å²) in [6.07, 6.45) is 0. The van der Waals surface area contributed by atoms with Crippen molar-refractivity contribution in [2.75, 3.05) is 11.9 Å². The molecule has 0 radical (unpaired) electrons. The molecule has 0 aliphatic carbocycles. The van der Waals surface area contributed by atoms with Gasteiger partial charge in [0, 0.05) is 15.2 Å². The second-order valence-electron chi connectivity index (χ2n) is 3.92. The van der Waals surface area contributed by atoms with E-state index in [2.05, 4.69) is 21.2 Å². The molecule has 0 saturated heterocycles. The number of benzene rings is 2. The van der Waals surface area contributed by atoms with Crippen molar-refractivity contribution in [1.82, 2.24) is 0 Å². The zero-order valence-electron chi connectivity index (χ0n) is 10.2. The molecule has 1 amide bonds. The minimum atomic E-state index is -0.524. The maximum Gasteiger partial charge on any atom is 0.262 e. The van der Waals surface area contributed by atoms with Gasteiger partial charge in [-0.05, 0) is 36.4 Å². The maximum atomic E-state index is 13.4. The number of carbonyl (C=O) groups excluding carboxylic acids is 1. The maximum absolute atomic E-state index is 13.4. The molecule has 0 aliphatic heterocycles. The Bertz CT molecular complexity index is 636. The SMILES string of the molecule is O=C(COc1cc(Br)ccc1F)Nc1cccc(Cl)c1. The third kappa shape index (κ3) is 4.21. The van der Waals surface area contributed by atoms with Crippen LogP contribution in [-0.2, 0) is 4.79 Å². The first kappa shape index (κ1) is 14.8. The molecule has 0 saturated carbocycles. The number of hydrogen-bond acceptors (Lipinski definition) is 2. The number of halogens is 3. The summed E-state index contributed by atoms with van der Waals surface area (Å²) in [5, 5.41) is 3.12. The van der Waals surface area contributed by atoms with Gasteiger partial charge in [0.15, 0.2) is 18.2 Å². The number of nitrogens with one attached hydrogen (secondary N) is 1. The summed E-state index contributed by atoms with van der Waals surface area (Å²) in [6.45, 7) is -0.292. The predicted octanol–water partition coefficient (Wildman–Crippen LogP) is 4.26. The largest absolute Gasteiger partial charge is 0.481 e. The van der Waals surface area contributed by atoms with Crippen molar-refractivity contribution in [3.8, 4) is 5.75 Å². The molecular formula is C14H10BrClFNO2. The standard InChI is InChI=1S/C14H10BrClFNO2/c15-9-4-5-12(17)13(6-9)20-8-14(19)18-11-3-1-2-10(16)7-11/h1-7H,8H2,(H,18,19). The highest BCUT2D eigenvalue weighted by atomic mass is 79.9. The Labute approximate surface area is 128 Å². The topological polar surface area (TPSA) is 38.3 Å². The monoisotopic (exact) mass is 357 g/mol. The van der Waals surface area contributed by atoms with Crippen LogP contribution in [0.25, 0.3) is 0 Å². The first-order valence-corrected chi connectivity index (χ1v) is 6.85. The minimum absolute atomic E-state index is 0.0145. The van der Waals surface area contributed by atoms with E-state index < -0.39 is 11.7 Å². The van der Waals surface area contributed by atoms with Crippen molar-refractivity contribution in [2.45, 2.75) is 0 Å². The zero-order chi connectivity index (χ0) is 14.5. The van der Waals surface area contributed by atoms with Crippen LogP contribution in [0.2, 0.25) is 5.02 Å². The van der Waals surface area contributed by atoms with E-state index in [1.807, 2.05) is 0 Å². The summed E-state index contributed by atoms with van der Waals surface area (Å²) in [6, 6.07) is 11.0. The lowest BCUT2D eigenvalue weighted by Crippen LogP contribution is -2.20. The number of amides is 1. The molecule has 0 heterocycles. The summed E-state index contributed by atoms with van der Waals surface area (Å²) in [5.41, 5.74) is 0.556. The van der Waals surface area contributed by atoms with Gasteiger partial charge in [0.25, 0.3) is 5.91 Å². The van der Waals surface area contributed by atoms with Crippen LogP contribution in [0.1, 0.15) is 0 Å². The highest BCUT2D eigenvalue weighted by Gasteiger charge is 2.08. The Balaban J connectivity index is 1.94. The number of rotatable bonds is 4. The summed E-state index contributed by atoms with van der Waals surface area (Å²) in [7, 11) is 0. The average Bonchev–Trinajstić information content (AvgIpc) is 2.40. The molecule has 2 rings (SSSR count). The van der Waals surface area contributed by atoms with Crippen LogP contribution in [0.4, 0.5) is 10.1 Å². The van der Waals surface area contributed by atoms with Crippen LogP contribution in [0.15, 0.2) is 46.9 Å². The average molecular weight is 359 g/mol. The van der Waals surface area contributed by atoms with Crippen molar-refractivity contribution < 1.29 is 13.9 Å². The third-order valence-electron chi connectivity index (χ3n) is 2.36. The molecule has 3 nitrogen and oxygen atoms in total. The molecule has 0 bridgehead atoms. The van der Waals surface area contributed by atoms with E-state index >= 15 is 0 Å². The molecule has 0 unspecified atom stereocenters. The van der Waals surface area contributed by atoms with Crippen LogP contribution in [-0.4, -0.2) is 12.5 Å². The lowest BCUT2D eigenvalue weighted by atomic mass is 10.3. The molecule has 0 atom stereocenters. The number of hydrogen-bond donors (Lipinski definition) is 1. The molecular weight excluding hydrogens is 349 g/mol. The van der Waals surface area contributed by atoms with Gasteiger partial charge in [-0.2, -0.15) is 0 Å². The summed E-state index contributed by atoms with van der Waals surface area (Å²) in [4.78, 5) is 11.7. The first-order valence-electron chi connectivity index (χ1n) is 5.68. The highest BCUT2D eigenvalue weighted by Crippen LogP contribution is 2.22. The van der Waals surface area contributed by atoms with Gasteiger partial charge < -0.3 is 10.1 Å². The summed E-state index contributed by atoms with van der Waals surface area (Å²) in [5.74, 6) is -0.906. The highest BCUT2D eigenvalue weighted by molar-refractivity contribution is 9.10. The van der Waals surface area contributed by atoms with Gasteiger partial charge in [-0.15, -0.1) is 0 Å². The Morgan fingerprint density at radius 2 is 2.10 bits per heavy atom. The minimum Gasteiger partial charge on any atom is -0.481 e. The quantitative estimate of drug-likeness (QED) is 0.887. The Hall–Kier alpha value is -1.59. The van der Waals surface area contributed by atoms with Crippen LogP contribution < -0.4 is 10.1 Å². The van der Waals surface area contributed by atoms with Crippen LogP contribution in [0, 0.1) is 5.82 Å². The van der Waals surface area contributed by atoms with Crippen molar-refractivity contribution in [3.63, 3.8) is 0 Å². The summed E-state index contributed by atoms with van der Waals surface area (Å²) >= 11 is 9.01.